The number of benzene rings is 1. The monoisotopic (exact) mass is 407 g/mol. The Morgan fingerprint density at radius 1 is 1.20 bits per heavy atom. The van der Waals surface area contributed by atoms with Gasteiger partial charge < -0.3 is 9.73 Å². The highest BCUT2D eigenvalue weighted by Gasteiger charge is 2.25. The third-order valence-corrected chi connectivity index (χ3v) is 5.72. The van der Waals surface area contributed by atoms with Crippen LogP contribution in [0.3, 0.4) is 0 Å². The van der Waals surface area contributed by atoms with Crippen LogP contribution in [-0.2, 0) is 4.79 Å². The maximum atomic E-state index is 12.5. The first kappa shape index (κ1) is 20.1. The normalized spacial score (nSPS) is 16.8. The number of carbonyl (C=O) groups is 2. The zero-order valence-electron chi connectivity index (χ0n) is 17.0. The first-order valence-electron chi connectivity index (χ1n) is 10.4. The van der Waals surface area contributed by atoms with E-state index < -0.39 is 11.5 Å². The molecule has 0 bridgehead atoms. The summed E-state index contributed by atoms with van der Waals surface area (Å²) in [5, 5.41) is 8.56. The van der Waals surface area contributed by atoms with Gasteiger partial charge in [-0.1, -0.05) is 36.8 Å². The first-order valence-corrected chi connectivity index (χ1v) is 10.4. The molecule has 7 nitrogen and oxygen atoms in total. The summed E-state index contributed by atoms with van der Waals surface area (Å²) in [5.41, 5.74) is 1.87. The lowest BCUT2D eigenvalue weighted by Gasteiger charge is -2.24. The van der Waals surface area contributed by atoms with Crippen LogP contribution in [0.1, 0.15) is 65.3 Å². The summed E-state index contributed by atoms with van der Waals surface area (Å²) in [6, 6.07) is 11.5. The maximum absolute atomic E-state index is 12.5. The van der Waals surface area contributed by atoms with Gasteiger partial charge >= 0.3 is 5.63 Å². The number of rotatable bonds is 6. The Hall–Kier alpha value is -3.22. The van der Waals surface area contributed by atoms with Crippen molar-refractivity contribution < 1.29 is 14.0 Å². The molecular formula is C23H25N3O4. The van der Waals surface area contributed by atoms with Crippen molar-refractivity contribution in [2.24, 2.45) is 5.10 Å². The SMILES string of the molecule is Cc1cc(C2CCC2)oc(=O)c1C(=O)NCCN1N=C(c2ccccc2)CCC1=O. The lowest BCUT2D eigenvalue weighted by atomic mass is 9.83. The molecule has 156 valence electrons. The predicted octanol–water partition coefficient (Wildman–Crippen LogP) is 2.97. The molecule has 4 rings (SSSR count). The molecule has 1 aromatic heterocycles. The Kier molecular flexibility index (Phi) is 5.79. The van der Waals surface area contributed by atoms with Crippen molar-refractivity contribution in [3.05, 3.63) is 69.3 Å². The number of nitrogens with one attached hydrogen (secondary N) is 1. The molecule has 7 heteroatoms. The van der Waals surface area contributed by atoms with Crippen molar-refractivity contribution >= 4 is 17.5 Å². The molecule has 2 amide bonds. The van der Waals surface area contributed by atoms with Crippen LogP contribution in [0, 0.1) is 6.92 Å². The van der Waals surface area contributed by atoms with Crippen LogP contribution >= 0.6 is 0 Å². The molecule has 30 heavy (non-hydrogen) atoms. The fourth-order valence-corrected chi connectivity index (χ4v) is 3.78. The number of amides is 2. The van der Waals surface area contributed by atoms with E-state index in [-0.39, 0.29) is 30.5 Å². The molecule has 1 aliphatic heterocycles. The standard InChI is InChI=1S/C23H25N3O4/c1-15-14-19(17-8-5-9-17)30-23(29)21(15)22(28)24-12-13-26-20(27)11-10-18(25-26)16-6-3-2-4-7-16/h2-4,6-7,14,17H,5,8-13H2,1H3,(H,24,28). The van der Waals surface area contributed by atoms with Crippen molar-refractivity contribution in [2.45, 2.75) is 44.9 Å². The Morgan fingerprint density at radius 3 is 2.63 bits per heavy atom. The van der Waals surface area contributed by atoms with Gasteiger partial charge in [-0.25, -0.2) is 9.80 Å². The highest BCUT2D eigenvalue weighted by Crippen LogP contribution is 2.36. The molecule has 2 aromatic rings. The van der Waals surface area contributed by atoms with E-state index in [2.05, 4.69) is 10.4 Å². The van der Waals surface area contributed by atoms with Gasteiger partial charge in [0.1, 0.15) is 11.3 Å². The van der Waals surface area contributed by atoms with E-state index >= 15 is 0 Å². The van der Waals surface area contributed by atoms with Crippen LogP contribution in [0.2, 0.25) is 0 Å². The second-order valence-corrected chi connectivity index (χ2v) is 7.81. The second kappa shape index (κ2) is 8.65. The summed E-state index contributed by atoms with van der Waals surface area (Å²) in [4.78, 5) is 37.1. The molecule has 2 heterocycles. The molecule has 0 unspecified atom stereocenters. The topological polar surface area (TPSA) is 92.0 Å². The summed E-state index contributed by atoms with van der Waals surface area (Å²) in [7, 11) is 0. The fourth-order valence-electron chi connectivity index (χ4n) is 3.78. The molecule has 0 atom stereocenters. The van der Waals surface area contributed by atoms with Crippen molar-refractivity contribution in [3.63, 3.8) is 0 Å². The molecule has 0 radical (unpaired) electrons. The van der Waals surface area contributed by atoms with Gasteiger partial charge in [0.15, 0.2) is 0 Å². The third-order valence-electron chi connectivity index (χ3n) is 5.72. The van der Waals surface area contributed by atoms with Crippen molar-refractivity contribution in [3.8, 4) is 0 Å². The van der Waals surface area contributed by atoms with E-state index in [4.69, 9.17) is 4.42 Å². The maximum Gasteiger partial charge on any atom is 0.349 e. The highest BCUT2D eigenvalue weighted by molar-refractivity contribution is 6.04. The molecule has 1 aromatic carbocycles. The highest BCUT2D eigenvalue weighted by atomic mass is 16.4. The minimum absolute atomic E-state index is 0.0246. The molecular weight excluding hydrogens is 382 g/mol. The average Bonchev–Trinajstić information content (AvgIpc) is 2.68. The number of hydrogen-bond acceptors (Lipinski definition) is 5. The zero-order valence-corrected chi connectivity index (χ0v) is 17.0. The van der Waals surface area contributed by atoms with Gasteiger partial charge in [-0.15, -0.1) is 0 Å². The van der Waals surface area contributed by atoms with Crippen molar-refractivity contribution in [2.75, 3.05) is 13.1 Å². The Labute approximate surface area is 174 Å². The molecule has 1 saturated carbocycles. The van der Waals surface area contributed by atoms with E-state index in [0.717, 1.165) is 30.5 Å². The van der Waals surface area contributed by atoms with E-state index in [1.807, 2.05) is 30.3 Å². The Bertz CT molecular complexity index is 1040. The summed E-state index contributed by atoms with van der Waals surface area (Å²) in [6.45, 7) is 2.18. The van der Waals surface area contributed by atoms with Gasteiger partial charge in [-0.3, -0.25) is 9.59 Å². The van der Waals surface area contributed by atoms with E-state index in [9.17, 15) is 14.4 Å². The molecule has 0 spiro atoms. The van der Waals surface area contributed by atoms with Crippen molar-refractivity contribution in [1.29, 1.82) is 0 Å². The van der Waals surface area contributed by atoms with Gasteiger partial charge in [0, 0.05) is 25.3 Å². The van der Waals surface area contributed by atoms with Crippen LogP contribution < -0.4 is 10.9 Å². The van der Waals surface area contributed by atoms with Gasteiger partial charge in [0.2, 0.25) is 5.91 Å². The Balaban J connectivity index is 1.39. The zero-order chi connectivity index (χ0) is 21.1. The number of carbonyl (C=O) groups excluding carboxylic acids is 2. The van der Waals surface area contributed by atoms with Gasteiger partial charge in [0.05, 0.1) is 12.3 Å². The smallest absolute Gasteiger partial charge is 0.349 e. The summed E-state index contributed by atoms with van der Waals surface area (Å²) >= 11 is 0. The van der Waals surface area contributed by atoms with E-state index in [1.54, 1.807) is 13.0 Å². The third kappa shape index (κ3) is 4.20. The van der Waals surface area contributed by atoms with Gasteiger partial charge in [-0.2, -0.15) is 5.10 Å². The molecule has 1 N–H and O–H groups in total. The van der Waals surface area contributed by atoms with Crippen LogP contribution in [0.15, 0.2) is 50.7 Å². The average molecular weight is 407 g/mol. The molecule has 1 fully saturated rings. The number of nitrogens with zero attached hydrogens (tertiary/aromatic N) is 2. The summed E-state index contributed by atoms with van der Waals surface area (Å²) < 4.78 is 5.39. The summed E-state index contributed by atoms with van der Waals surface area (Å²) in [6.07, 6.45) is 4.15. The minimum atomic E-state index is -0.604. The minimum Gasteiger partial charge on any atom is -0.427 e. The molecule has 1 aliphatic carbocycles. The van der Waals surface area contributed by atoms with Gasteiger partial charge in [0.25, 0.3) is 5.91 Å². The number of aryl methyl sites for hydroxylation is 1. The first-order chi connectivity index (χ1) is 14.5. The largest absolute Gasteiger partial charge is 0.427 e. The lowest BCUT2D eigenvalue weighted by molar-refractivity contribution is -0.131. The van der Waals surface area contributed by atoms with E-state index in [0.29, 0.717) is 24.2 Å². The number of hydrazone groups is 1. The fraction of sp³-hybridized carbons (Fsp3) is 0.391. The molecule has 2 aliphatic rings. The van der Waals surface area contributed by atoms with E-state index in [1.165, 1.54) is 5.01 Å². The second-order valence-electron chi connectivity index (χ2n) is 7.81. The molecule has 0 saturated heterocycles. The predicted molar refractivity (Wildman–Crippen MR) is 113 cm³/mol. The summed E-state index contributed by atoms with van der Waals surface area (Å²) in [5.74, 6) is 0.389. The van der Waals surface area contributed by atoms with Crippen LogP contribution in [0.5, 0.6) is 0 Å². The lowest BCUT2D eigenvalue weighted by Crippen LogP contribution is -2.39. The van der Waals surface area contributed by atoms with Crippen molar-refractivity contribution in [1.82, 2.24) is 10.3 Å². The van der Waals surface area contributed by atoms with Gasteiger partial charge in [-0.05, 0) is 37.0 Å². The Morgan fingerprint density at radius 2 is 1.97 bits per heavy atom. The van der Waals surface area contributed by atoms with Crippen LogP contribution in [0.4, 0.5) is 0 Å². The quantitative estimate of drug-likeness (QED) is 0.797. The number of hydrogen-bond donors (Lipinski definition) is 1. The van der Waals surface area contributed by atoms with Crippen LogP contribution in [0.25, 0.3) is 0 Å². The van der Waals surface area contributed by atoms with Crippen LogP contribution in [-0.4, -0.2) is 35.6 Å².